The van der Waals surface area contributed by atoms with Gasteiger partial charge in [-0.2, -0.15) is 0 Å². The lowest BCUT2D eigenvalue weighted by Gasteiger charge is -2.12. The Kier molecular flexibility index (Phi) is 4.72. The number of nitrogens with one attached hydrogen (secondary N) is 1. The van der Waals surface area contributed by atoms with Crippen molar-refractivity contribution in [3.63, 3.8) is 0 Å². The molecular formula is C17H16N4O4S. The summed E-state index contributed by atoms with van der Waals surface area (Å²) in [6.45, 7) is 1.86. The predicted molar refractivity (Wildman–Crippen MR) is 98.2 cm³/mol. The van der Waals surface area contributed by atoms with Gasteiger partial charge in [-0.05, 0) is 19.1 Å². The quantitative estimate of drug-likeness (QED) is 0.710. The summed E-state index contributed by atoms with van der Waals surface area (Å²) in [7, 11) is 2.90. The van der Waals surface area contributed by atoms with E-state index in [1.165, 1.54) is 37.8 Å². The molecule has 0 atom stereocenters. The molecule has 0 aliphatic carbocycles. The zero-order chi connectivity index (χ0) is 18.8. The van der Waals surface area contributed by atoms with Gasteiger partial charge in [0.1, 0.15) is 11.3 Å². The van der Waals surface area contributed by atoms with Crippen molar-refractivity contribution in [1.82, 2.24) is 9.97 Å². The SMILES string of the molecule is COc1cc(C(N)=O)c(NC(=O)c2c(OC)ccc3nc(C)sc23)cn1. The molecule has 0 aliphatic heterocycles. The van der Waals surface area contributed by atoms with E-state index in [1.54, 1.807) is 12.1 Å². The first-order chi connectivity index (χ1) is 12.4. The smallest absolute Gasteiger partial charge is 0.261 e. The molecule has 0 fully saturated rings. The van der Waals surface area contributed by atoms with Gasteiger partial charge in [0.25, 0.3) is 11.8 Å². The average Bonchev–Trinajstić information content (AvgIpc) is 3.00. The van der Waals surface area contributed by atoms with Gasteiger partial charge in [0.05, 0.1) is 46.9 Å². The van der Waals surface area contributed by atoms with Gasteiger partial charge in [-0.25, -0.2) is 9.97 Å². The van der Waals surface area contributed by atoms with E-state index in [2.05, 4.69) is 15.3 Å². The third kappa shape index (κ3) is 3.16. The third-order valence-electron chi connectivity index (χ3n) is 3.67. The molecule has 9 heteroatoms. The molecule has 0 saturated heterocycles. The molecule has 0 aliphatic rings. The second-order valence-electron chi connectivity index (χ2n) is 5.31. The molecule has 0 bridgehead atoms. The first-order valence-electron chi connectivity index (χ1n) is 7.54. The first-order valence-corrected chi connectivity index (χ1v) is 8.35. The normalized spacial score (nSPS) is 10.6. The number of carbonyl (C=O) groups excluding carboxylic acids is 2. The topological polar surface area (TPSA) is 116 Å². The largest absolute Gasteiger partial charge is 0.496 e. The van der Waals surface area contributed by atoms with E-state index in [0.29, 0.717) is 21.5 Å². The number of ether oxygens (including phenoxy) is 2. The lowest BCUT2D eigenvalue weighted by atomic mass is 10.1. The van der Waals surface area contributed by atoms with Crippen LogP contribution in [0.5, 0.6) is 11.6 Å². The number of hydrogen-bond acceptors (Lipinski definition) is 7. The number of thiazole rings is 1. The minimum Gasteiger partial charge on any atom is -0.496 e. The second-order valence-corrected chi connectivity index (χ2v) is 6.52. The van der Waals surface area contributed by atoms with Gasteiger partial charge in [-0.3, -0.25) is 9.59 Å². The van der Waals surface area contributed by atoms with Gasteiger partial charge in [0, 0.05) is 6.07 Å². The third-order valence-corrected chi connectivity index (χ3v) is 4.68. The van der Waals surface area contributed by atoms with Crippen molar-refractivity contribution in [2.45, 2.75) is 6.92 Å². The van der Waals surface area contributed by atoms with Crippen LogP contribution in [0.4, 0.5) is 5.69 Å². The highest BCUT2D eigenvalue weighted by Crippen LogP contribution is 2.33. The van der Waals surface area contributed by atoms with Crippen LogP contribution in [0.2, 0.25) is 0 Å². The van der Waals surface area contributed by atoms with Crippen LogP contribution < -0.4 is 20.5 Å². The van der Waals surface area contributed by atoms with E-state index in [-0.39, 0.29) is 17.1 Å². The van der Waals surface area contributed by atoms with Crippen molar-refractivity contribution < 1.29 is 19.1 Å². The highest BCUT2D eigenvalue weighted by Gasteiger charge is 2.21. The minimum absolute atomic E-state index is 0.0943. The molecule has 134 valence electrons. The van der Waals surface area contributed by atoms with E-state index < -0.39 is 11.8 Å². The zero-order valence-electron chi connectivity index (χ0n) is 14.3. The second kappa shape index (κ2) is 6.96. The summed E-state index contributed by atoms with van der Waals surface area (Å²) in [4.78, 5) is 33.0. The molecule has 3 aromatic rings. The Morgan fingerprint density at radius 3 is 2.65 bits per heavy atom. The average molecular weight is 372 g/mol. The number of nitrogens with two attached hydrogens (primary N) is 1. The maximum atomic E-state index is 12.9. The van der Waals surface area contributed by atoms with Gasteiger partial charge >= 0.3 is 0 Å². The van der Waals surface area contributed by atoms with E-state index in [4.69, 9.17) is 15.2 Å². The monoisotopic (exact) mass is 372 g/mol. The zero-order valence-corrected chi connectivity index (χ0v) is 15.1. The van der Waals surface area contributed by atoms with Crippen molar-refractivity contribution in [3.8, 4) is 11.6 Å². The Bertz CT molecular complexity index is 1020. The van der Waals surface area contributed by atoms with E-state index in [1.807, 2.05) is 6.92 Å². The van der Waals surface area contributed by atoms with Gasteiger partial charge in [-0.1, -0.05) is 0 Å². The number of aryl methyl sites for hydroxylation is 1. The molecule has 2 amide bonds. The maximum absolute atomic E-state index is 12.9. The minimum atomic E-state index is -0.709. The van der Waals surface area contributed by atoms with Gasteiger partial charge in [0.15, 0.2) is 0 Å². The maximum Gasteiger partial charge on any atom is 0.261 e. The number of nitrogens with zero attached hydrogens (tertiary/aromatic N) is 2. The summed E-state index contributed by atoms with van der Waals surface area (Å²) in [5.41, 5.74) is 6.71. The summed E-state index contributed by atoms with van der Waals surface area (Å²) < 4.78 is 11.0. The Hall–Kier alpha value is -3.20. The number of fused-ring (bicyclic) bond motifs is 1. The fourth-order valence-electron chi connectivity index (χ4n) is 2.51. The van der Waals surface area contributed by atoms with Crippen molar-refractivity contribution in [3.05, 3.63) is 40.5 Å². The number of primary amides is 1. The summed E-state index contributed by atoms with van der Waals surface area (Å²) in [5, 5.41) is 3.50. The summed E-state index contributed by atoms with van der Waals surface area (Å²) in [5.74, 6) is -0.541. The Balaban J connectivity index is 2.06. The molecule has 3 N–H and O–H groups in total. The molecule has 3 rings (SSSR count). The molecule has 1 aromatic carbocycles. The summed E-state index contributed by atoms with van der Waals surface area (Å²) in [6, 6.07) is 4.84. The molecule has 0 saturated carbocycles. The van der Waals surface area contributed by atoms with Gasteiger partial charge in [-0.15, -0.1) is 11.3 Å². The Morgan fingerprint density at radius 1 is 1.23 bits per heavy atom. The van der Waals surface area contributed by atoms with Crippen molar-refractivity contribution in [1.29, 1.82) is 0 Å². The fraction of sp³-hybridized carbons (Fsp3) is 0.176. The van der Waals surface area contributed by atoms with Gasteiger partial charge in [0.2, 0.25) is 5.88 Å². The predicted octanol–water partition coefficient (Wildman–Crippen LogP) is 2.37. The molecule has 0 radical (unpaired) electrons. The van der Waals surface area contributed by atoms with Gasteiger partial charge < -0.3 is 20.5 Å². The highest BCUT2D eigenvalue weighted by molar-refractivity contribution is 7.19. The number of methoxy groups -OCH3 is 2. The van der Waals surface area contributed by atoms with Crippen LogP contribution in [0, 0.1) is 6.92 Å². The van der Waals surface area contributed by atoms with Crippen molar-refractivity contribution >= 4 is 39.1 Å². The Labute approximate surface area is 153 Å². The molecule has 0 unspecified atom stereocenters. The van der Waals surface area contributed by atoms with E-state index in [9.17, 15) is 9.59 Å². The molecule has 8 nitrogen and oxygen atoms in total. The van der Waals surface area contributed by atoms with Crippen LogP contribution in [0.3, 0.4) is 0 Å². The number of pyridine rings is 1. The standard InChI is InChI=1S/C17H16N4O4S/c1-8-20-10-4-5-12(24-2)14(15(10)26-8)17(23)21-11-7-19-13(25-3)6-9(11)16(18)22/h4-7H,1-3H3,(H2,18,22)(H,21,23). The number of rotatable bonds is 5. The van der Waals surface area contributed by atoms with Crippen LogP contribution >= 0.6 is 11.3 Å². The number of aromatic nitrogens is 2. The van der Waals surface area contributed by atoms with Crippen molar-refractivity contribution in [2.75, 3.05) is 19.5 Å². The van der Waals surface area contributed by atoms with Crippen LogP contribution in [0.15, 0.2) is 24.4 Å². The first kappa shape index (κ1) is 17.6. The highest BCUT2D eigenvalue weighted by atomic mass is 32.1. The number of benzene rings is 1. The molecule has 2 heterocycles. The van der Waals surface area contributed by atoms with Crippen molar-refractivity contribution in [2.24, 2.45) is 5.73 Å². The number of amides is 2. The number of hydrogen-bond donors (Lipinski definition) is 2. The fourth-order valence-corrected chi connectivity index (χ4v) is 3.46. The summed E-state index contributed by atoms with van der Waals surface area (Å²) >= 11 is 1.38. The lowest BCUT2D eigenvalue weighted by molar-refractivity contribution is 0.100. The molecule has 0 spiro atoms. The molecule has 26 heavy (non-hydrogen) atoms. The van der Waals surface area contributed by atoms with Crippen LogP contribution in [0.25, 0.3) is 10.2 Å². The van der Waals surface area contributed by atoms with E-state index >= 15 is 0 Å². The lowest BCUT2D eigenvalue weighted by Crippen LogP contribution is -2.19. The number of anilines is 1. The Morgan fingerprint density at radius 2 is 2.00 bits per heavy atom. The van der Waals surface area contributed by atoms with E-state index in [0.717, 1.165) is 5.01 Å². The summed E-state index contributed by atoms with van der Waals surface area (Å²) in [6.07, 6.45) is 1.32. The van der Waals surface area contributed by atoms with Crippen LogP contribution in [-0.4, -0.2) is 36.0 Å². The molecule has 2 aromatic heterocycles. The molecular weight excluding hydrogens is 356 g/mol. The number of carbonyl (C=O) groups is 2. The van der Waals surface area contributed by atoms with Crippen LogP contribution in [0.1, 0.15) is 25.7 Å². The van der Waals surface area contributed by atoms with Crippen LogP contribution in [-0.2, 0) is 0 Å².